The monoisotopic (exact) mass is 258 g/mol. The molecule has 0 atom stereocenters. The number of nitrogen functional groups attached to an aromatic ring is 1. The largest absolute Gasteiger partial charge is 0.395 e. The fraction of sp³-hybridized carbons (Fsp3) is 0.286. The maximum Gasteiger partial charge on any atom is 0.278 e. The number of aromatic nitrogens is 2. The Morgan fingerprint density at radius 3 is 2.47 bits per heavy atom. The first-order valence-electron chi connectivity index (χ1n) is 6.38. The van der Waals surface area contributed by atoms with Gasteiger partial charge in [-0.15, -0.1) is 0 Å². The Labute approximate surface area is 112 Å². The SMILES string of the molecule is CCc1ccc(NC(=O)c2n[nH]c(CC)c2N)cc1. The zero-order valence-electron chi connectivity index (χ0n) is 11.2. The van der Waals surface area contributed by atoms with Crippen molar-refractivity contribution in [2.45, 2.75) is 26.7 Å². The van der Waals surface area contributed by atoms with Crippen LogP contribution in [0.5, 0.6) is 0 Å². The summed E-state index contributed by atoms with van der Waals surface area (Å²) in [6.45, 7) is 4.04. The van der Waals surface area contributed by atoms with Crippen molar-refractivity contribution >= 4 is 17.3 Å². The minimum Gasteiger partial charge on any atom is -0.395 e. The smallest absolute Gasteiger partial charge is 0.278 e. The number of nitrogens with two attached hydrogens (primary N) is 1. The van der Waals surface area contributed by atoms with E-state index in [4.69, 9.17) is 5.73 Å². The summed E-state index contributed by atoms with van der Waals surface area (Å²) in [7, 11) is 0. The summed E-state index contributed by atoms with van der Waals surface area (Å²) in [6.07, 6.45) is 1.69. The fourth-order valence-corrected chi connectivity index (χ4v) is 1.84. The molecule has 1 aromatic heterocycles. The van der Waals surface area contributed by atoms with Gasteiger partial charge in [-0.2, -0.15) is 5.10 Å². The van der Waals surface area contributed by atoms with Crippen LogP contribution in [0.25, 0.3) is 0 Å². The molecule has 0 saturated heterocycles. The van der Waals surface area contributed by atoms with Crippen molar-refractivity contribution in [1.29, 1.82) is 0 Å². The second-order valence-corrected chi connectivity index (χ2v) is 4.32. The van der Waals surface area contributed by atoms with E-state index in [1.165, 1.54) is 5.56 Å². The molecule has 1 aromatic carbocycles. The van der Waals surface area contributed by atoms with Crippen molar-refractivity contribution in [3.63, 3.8) is 0 Å². The lowest BCUT2D eigenvalue weighted by molar-refractivity contribution is 0.102. The van der Waals surface area contributed by atoms with Crippen LogP contribution in [-0.2, 0) is 12.8 Å². The summed E-state index contributed by atoms with van der Waals surface area (Å²) in [6, 6.07) is 7.72. The number of H-pyrrole nitrogens is 1. The van der Waals surface area contributed by atoms with Crippen molar-refractivity contribution in [2.24, 2.45) is 0 Å². The average Bonchev–Trinajstić information content (AvgIpc) is 2.80. The maximum atomic E-state index is 12.0. The van der Waals surface area contributed by atoms with E-state index in [1.807, 2.05) is 31.2 Å². The van der Waals surface area contributed by atoms with E-state index >= 15 is 0 Å². The minimum atomic E-state index is -0.294. The van der Waals surface area contributed by atoms with Crippen LogP contribution >= 0.6 is 0 Å². The number of carbonyl (C=O) groups excluding carboxylic acids is 1. The zero-order chi connectivity index (χ0) is 13.8. The van der Waals surface area contributed by atoms with Crippen molar-refractivity contribution in [2.75, 3.05) is 11.1 Å². The molecule has 0 fully saturated rings. The normalized spacial score (nSPS) is 10.4. The van der Waals surface area contributed by atoms with Gasteiger partial charge in [-0.3, -0.25) is 9.89 Å². The number of amides is 1. The molecule has 2 aromatic rings. The molecule has 100 valence electrons. The second kappa shape index (κ2) is 5.56. The molecule has 5 nitrogen and oxygen atoms in total. The van der Waals surface area contributed by atoms with E-state index in [2.05, 4.69) is 22.4 Å². The van der Waals surface area contributed by atoms with Gasteiger partial charge in [0.05, 0.1) is 11.4 Å². The van der Waals surface area contributed by atoms with E-state index in [0.717, 1.165) is 24.2 Å². The molecule has 0 unspecified atom stereocenters. The van der Waals surface area contributed by atoms with Crippen LogP contribution in [0.1, 0.15) is 35.6 Å². The van der Waals surface area contributed by atoms with Gasteiger partial charge in [0, 0.05) is 5.69 Å². The summed E-state index contributed by atoms with van der Waals surface area (Å²) < 4.78 is 0. The van der Waals surface area contributed by atoms with Gasteiger partial charge in [0.15, 0.2) is 5.69 Å². The standard InChI is InChI=1S/C14H18N4O/c1-3-9-5-7-10(8-6-9)16-14(19)13-12(15)11(4-2)17-18-13/h5-8H,3-4,15H2,1-2H3,(H,16,19)(H,17,18). The predicted molar refractivity (Wildman–Crippen MR) is 76.2 cm³/mol. The van der Waals surface area contributed by atoms with Crippen LogP contribution in [0.15, 0.2) is 24.3 Å². The number of rotatable bonds is 4. The van der Waals surface area contributed by atoms with Gasteiger partial charge < -0.3 is 11.1 Å². The number of aromatic amines is 1. The first-order valence-corrected chi connectivity index (χ1v) is 6.38. The minimum absolute atomic E-state index is 0.247. The predicted octanol–water partition coefficient (Wildman–Crippen LogP) is 2.37. The lowest BCUT2D eigenvalue weighted by atomic mass is 10.1. The molecular formula is C14H18N4O. The molecule has 0 aliphatic carbocycles. The number of nitrogens with zero attached hydrogens (tertiary/aromatic N) is 1. The molecule has 0 saturated carbocycles. The Balaban J connectivity index is 2.13. The number of hydrogen-bond acceptors (Lipinski definition) is 3. The topological polar surface area (TPSA) is 83.8 Å². The van der Waals surface area contributed by atoms with E-state index < -0.39 is 0 Å². The quantitative estimate of drug-likeness (QED) is 0.787. The summed E-state index contributed by atoms with van der Waals surface area (Å²) in [5.74, 6) is -0.294. The summed E-state index contributed by atoms with van der Waals surface area (Å²) in [4.78, 5) is 12.0. The third-order valence-corrected chi connectivity index (χ3v) is 3.07. The molecular weight excluding hydrogens is 240 g/mol. The maximum absolute atomic E-state index is 12.0. The van der Waals surface area contributed by atoms with E-state index in [-0.39, 0.29) is 11.6 Å². The zero-order valence-corrected chi connectivity index (χ0v) is 11.2. The van der Waals surface area contributed by atoms with Crippen LogP contribution in [-0.4, -0.2) is 16.1 Å². The highest BCUT2D eigenvalue weighted by Gasteiger charge is 2.16. The molecule has 5 heteroatoms. The number of hydrogen-bond donors (Lipinski definition) is 3. The molecule has 0 aliphatic rings. The van der Waals surface area contributed by atoms with Gasteiger partial charge in [-0.1, -0.05) is 26.0 Å². The highest BCUT2D eigenvalue weighted by molar-refractivity contribution is 6.06. The van der Waals surface area contributed by atoms with Crippen LogP contribution in [0.4, 0.5) is 11.4 Å². The molecule has 2 rings (SSSR count). The lowest BCUT2D eigenvalue weighted by Crippen LogP contribution is -2.14. The van der Waals surface area contributed by atoms with E-state index in [9.17, 15) is 4.79 Å². The third kappa shape index (κ3) is 2.76. The molecule has 0 radical (unpaired) electrons. The van der Waals surface area contributed by atoms with Crippen LogP contribution < -0.4 is 11.1 Å². The molecule has 0 bridgehead atoms. The highest BCUT2D eigenvalue weighted by Crippen LogP contribution is 2.17. The van der Waals surface area contributed by atoms with Crippen molar-refractivity contribution in [1.82, 2.24) is 10.2 Å². The van der Waals surface area contributed by atoms with Gasteiger partial charge in [0.2, 0.25) is 0 Å². The Morgan fingerprint density at radius 2 is 1.95 bits per heavy atom. The number of aryl methyl sites for hydroxylation is 2. The Morgan fingerprint density at radius 1 is 1.26 bits per heavy atom. The molecule has 0 aliphatic heterocycles. The van der Waals surface area contributed by atoms with E-state index in [0.29, 0.717) is 5.69 Å². The van der Waals surface area contributed by atoms with Crippen molar-refractivity contribution in [3.05, 3.63) is 41.2 Å². The second-order valence-electron chi connectivity index (χ2n) is 4.32. The Bertz CT molecular complexity index is 572. The summed E-state index contributed by atoms with van der Waals surface area (Å²) in [5.41, 5.74) is 9.28. The lowest BCUT2D eigenvalue weighted by Gasteiger charge is -2.05. The third-order valence-electron chi connectivity index (χ3n) is 3.07. The van der Waals surface area contributed by atoms with Crippen molar-refractivity contribution < 1.29 is 4.79 Å². The fourth-order valence-electron chi connectivity index (χ4n) is 1.84. The number of carbonyl (C=O) groups is 1. The van der Waals surface area contributed by atoms with Gasteiger partial charge in [0.1, 0.15) is 0 Å². The Hall–Kier alpha value is -2.30. The van der Waals surface area contributed by atoms with Gasteiger partial charge >= 0.3 is 0 Å². The van der Waals surface area contributed by atoms with Gasteiger partial charge in [0.25, 0.3) is 5.91 Å². The average molecular weight is 258 g/mol. The Kier molecular flexibility index (Phi) is 3.85. The van der Waals surface area contributed by atoms with E-state index in [1.54, 1.807) is 0 Å². The van der Waals surface area contributed by atoms with Gasteiger partial charge in [-0.05, 0) is 30.5 Å². The molecule has 4 N–H and O–H groups in total. The first kappa shape index (κ1) is 13.1. The van der Waals surface area contributed by atoms with Crippen molar-refractivity contribution in [3.8, 4) is 0 Å². The molecule has 19 heavy (non-hydrogen) atoms. The molecule has 1 heterocycles. The highest BCUT2D eigenvalue weighted by atomic mass is 16.2. The van der Waals surface area contributed by atoms with Crippen LogP contribution in [0.2, 0.25) is 0 Å². The van der Waals surface area contributed by atoms with Crippen LogP contribution in [0.3, 0.4) is 0 Å². The number of nitrogens with one attached hydrogen (secondary N) is 2. The first-order chi connectivity index (χ1) is 9.15. The molecule has 1 amide bonds. The van der Waals surface area contributed by atoms with Gasteiger partial charge in [-0.25, -0.2) is 0 Å². The number of benzene rings is 1. The summed E-state index contributed by atoms with van der Waals surface area (Å²) in [5, 5.41) is 9.51. The number of anilines is 2. The summed E-state index contributed by atoms with van der Waals surface area (Å²) >= 11 is 0. The van der Waals surface area contributed by atoms with Crippen LogP contribution in [0, 0.1) is 0 Å². The molecule has 0 spiro atoms.